The number of nitrogens with one attached hydrogen (secondary N) is 1. The van der Waals surface area contributed by atoms with E-state index in [1.807, 2.05) is 30.1 Å². The molecule has 0 aliphatic rings. The van der Waals surface area contributed by atoms with Gasteiger partial charge in [-0.2, -0.15) is 0 Å². The van der Waals surface area contributed by atoms with E-state index < -0.39 is 0 Å². The summed E-state index contributed by atoms with van der Waals surface area (Å²) >= 11 is 7.08. The van der Waals surface area contributed by atoms with E-state index in [-0.39, 0.29) is 5.82 Å². The lowest BCUT2D eigenvalue weighted by Gasteiger charge is -2.19. The molecule has 0 bridgehead atoms. The van der Waals surface area contributed by atoms with Crippen LogP contribution in [0.15, 0.2) is 48.5 Å². The summed E-state index contributed by atoms with van der Waals surface area (Å²) in [5, 5.41) is 4.86. The molecule has 6 heteroatoms. The van der Waals surface area contributed by atoms with Crippen LogP contribution in [0, 0.1) is 5.82 Å². The lowest BCUT2D eigenvalue weighted by atomic mass is 10.2. The molecule has 3 aromatic rings. The fourth-order valence-corrected chi connectivity index (χ4v) is 3.33. The summed E-state index contributed by atoms with van der Waals surface area (Å²) in [6.07, 6.45) is 0. The molecule has 0 fully saturated rings. The van der Waals surface area contributed by atoms with Crippen LogP contribution in [0.2, 0.25) is 0 Å². The van der Waals surface area contributed by atoms with Gasteiger partial charge in [-0.25, -0.2) is 9.37 Å². The first-order valence-electron chi connectivity index (χ1n) is 7.19. The maximum Gasteiger partial charge on any atom is 0.169 e. The Morgan fingerprint density at radius 3 is 2.70 bits per heavy atom. The van der Waals surface area contributed by atoms with E-state index in [1.165, 1.54) is 16.8 Å². The van der Waals surface area contributed by atoms with Crippen molar-refractivity contribution in [1.82, 2.24) is 15.2 Å². The number of thiazole rings is 1. The second-order valence-corrected chi connectivity index (χ2v) is 6.72. The maximum atomic E-state index is 12.9. The van der Waals surface area contributed by atoms with Gasteiger partial charge in [0.05, 0.1) is 16.8 Å². The van der Waals surface area contributed by atoms with Gasteiger partial charge in [0.2, 0.25) is 0 Å². The van der Waals surface area contributed by atoms with Crippen molar-refractivity contribution < 1.29 is 4.39 Å². The summed E-state index contributed by atoms with van der Waals surface area (Å²) in [7, 11) is 1.94. The van der Waals surface area contributed by atoms with E-state index in [2.05, 4.69) is 16.4 Å². The van der Waals surface area contributed by atoms with Gasteiger partial charge >= 0.3 is 0 Å². The van der Waals surface area contributed by atoms with Crippen LogP contribution in [-0.2, 0) is 13.1 Å². The van der Waals surface area contributed by atoms with Gasteiger partial charge in [0.25, 0.3) is 0 Å². The highest BCUT2D eigenvalue weighted by molar-refractivity contribution is 7.80. The molecule has 118 valence electrons. The molecular formula is C17H16FN3S2. The van der Waals surface area contributed by atoms with E-state index in [4.69, 9.17) is 12.2 Å². The van der Waals surface area contributed by atoms with Crippen molar-refractivity contribution in [3.63, 3.8) is 0 Å². The number of thiocarbonyl (C=S) groups is 1. The predicted molar refractivity (Wildman–Crippen MR) is 96.9 cm³/mol. The zero-order valence-electron chi connectivity index (χ0n) is 12.6. The Morgan fingerprint density at radius 2 is 1.96 bits per heavy atom. The molecule has 0 aliphatic heterocycles. The van der Waals surface area contributed by atoms with Crippen molar-refractivity contribution in [2.24, 2.45) is 0 Å². The van der Waals surface area contributed by atoms with Crippen LogP contribution < -0.4 is 5.32 Å². The Labute approximate surface area is 143 Å². The Kier molecular flexibility index (Phi) is 4.83. The first-order chi connectivity index (χ1) is 11.1. The van der Waals surface area contributed by atoms with Crippen molar-refractivity contribution in [1.29, 1.82) is 0 Å². The van der Waals surface area contributed by atoms with Crippen molar-refractivity contribution >= 4 is 38.9 Å². The van der Waals surface area contributed by atoms with Gasteiger partial charge in [-0.15, -0.1) is 11.3 Å². The summed E-state index contributed by atoms with van der Waals surface area (Å²) < 4.78 is 14.1. The number of benzene rings is 2. The number of hydrogen-bond acceptors (Lipinski definition) is 3. The van der Waals surface area contributed by atoms with Crippen LogP contribution in [0.25, 0.3) is 10.2 Å². The summed E-state index contributed by atoms with van der Waals surface area (Å²) in [5.41, 5.74) is 2.01. The topological polar surface area (TPSA) is 28.2 Å². The summed E-state index contributed by atoms with van der Waals surface area (Å²) in [6, 6.07) is 14.5. The van der Waals surface area contributed by atoms with Crippen molar-refractivity contribution in [3.8, 4) is 0 Å². The number of fused-ring (bicyclic) bond motifs is 1. The Balaban J connectivity index is 1.57. The third kappa shape index (κ3) is 4.03. The molecule has 1 aromatic heterocycles. The average Bonchev–Trinajstić information content (AvgIpc) is 2.96. The van der Waals surface area contributed by atoms with Crippen molar-refractivity contribution in [2.45, 2.75) is 13.1 Å². The lowest BCUT2D eigenvalue weighted by Crippen LogP contribution is -2.36. The fraction of sp³-hybridized carbons (Fsp3) is 0.176. The highest BCUT2D eigenvalue weighted by Gasteiger charge is 2.09. The molecule has 0 spiro atoms. The molecule has 0 aliphatic carbocycles. The summed E-state index contributed by atoms with van der Waals surface area (Å²) in [4.78, 5) is 6.57. The van der Waals surface area contributed by atoms with E-state index in [9.17, 15) is 4.39 Å². The van der Waals surface area contributed by atoms with Crippen molar-refractivity contribution in [2.75, 3.05) is 7.05 Å². The van der Waals surface area contributed by atoms with Crippen molar-refractivity contribution in [3.05, 3.63) is 64.9 Å². The van der Waals surface area contributed by atoms with Gasteiger partial charge in [-0.1, -0.05) is 24.3 Å². The molecule has 1 heterocycles. The molecule has 23 heavy (non-hydrogen) atoms. The normalized spacial score (nSPS) is 10.7. The average molecular weight is 345 g/mol. The number of para-hydroxylation sites is 1. The Hall–Kier alpha value is -2.05. The predicted octanol–water partition coefficient (Wildman–Crippen LogP) is 3.94. The molecular weight excluding hydrogens is 329 g/mol. The molecule has 3 nitrogen and oxygen atoms in total. The molecule has 0 amide bonds. The number of rotatable bonds is 4. The van der Waals surface area contributed by atoms with Gasteiger partial charge in [-0.3, -0.25) is 0 Å². The summed E-state index contributed by atoms with van der Waals surface area (Å²) in [5.74, 6) is -0.232. The first kappa shape index (κ1) is 15.8. The van der Waals surface area contributed by atoms with Gasteiger partial charge in [0, 0.05) is 13.6 Å². The minimum absolute atomic E-state index is 0.232. The largest absolute Gasteiger partial charge is 0.358 e. The van der Waals surface area contributed by atoms with E-state index in [0.717, 1.165) is 16.1 Å². The van der Waals surface area contributed by atoms with Gasteiger partial charge < -0.3 is 10.2 Å². The van der Waals surface area contributed by atoms with Gasteiger partial charge in [0.15, 0.2) is 5.11 Å². The van der Waals surface area contributed by atoms with Gasteiger partial charge in [0.1, 0.15) is 10.8 Å². The third-order valence-corrected chi connectivity index (χ3v) is 4.89. The molecule has 0 saturated carbocycles. The smallest absolute Gasteiger partial charge is 0.169 e. The molecule has 1 N–H and O–H groups in total. The number of hydrogen-bond donors (Lipinski definition) is 1. The fourth-order valence-electron chi connectivity index (χ4n) is 2.18. The maximum absolute atomic E-state index is 12.9. The zero-order valence-corrected chi connectivity index (χ0v) is 14.3. The minimum Gasteiger partial charge on any atom is -0.358 e. The SMILES string of the molecule is CN(Cc1nc2ccccc2s1)C(=S)NCc1ccc(F)cc1. The quantitative estimate of drug-likeness (QED) is 0.725. The third-order valence-electron chi connectivity index (χ3n) is 3.41. The number of nitrogens with zero attached hydrogens (tertiary/aromatic N) is 2. The second kappa shape index (κ2) is 7.02. The monoisotopic (exact) mass is 345 g/mol. The minimum atomic E-state index is -0.232. The molecule has 3 rings (SSSR count). The molecule has 0 unspecified atom stereocenters. The van der Waals surface area contributed by atoms with E-state index >= 15 is 0 Å². The van der Waals surface area contributed by atoms with Crippen LogP contribution >= 0.6 is 23.6 Å². The van der Waals surface area contributed by atoms with E-state index in [0.29, 0.717) is 18.2 Å². The molecule has 0 atom stereocenters. The van der Waals surface area contributed by atoms with E-state index in [1.54, 1.807) is 23.5 Å². The summed E-state index contributed by atoms with van der Waals surface area (Å²) in [6.45, 7) is 1.23. The highest BCUT2D eigenvalue weighted by Crippen LogP contribution is 2.22. The Morgan fingerprint density at radius 1 is 1.22 bits per heavy atom. The molecule has 0 radical (unpaired) electrons. The molecule has 0 saturated heterocycles. The van der Waals surface area contributed by atoms with Crippen LogP contribution in [-0.4, -0.2) is 22.0 Å². The molecule has 2 aromatic carbocycles. The number of halogens is 1. The van der Waals surface area contributed by atoms with Gasteiger partial charge in [-0.05, 0) is 42.0 Å². The highest BCUT2D eigenvalue weighted by atomic mass is 32.1. The zero-order chi connectivity index (χ0) is 16.2. The van der Waals surface area contributed by atoms with Crippen LogP contribution in [0.5, 0.6) is 0 Å². The van der Waals surface area contributed by atoms with Crippen LogP contribution in [0.3, 0.4) is 0 Å². The Bertz CT molecular complexity index is 781. The first-order valence-corrected chi connectivity index (χ1v) is 8.42. The second-order valence-electron chi connectivity index (χ2n) is 5.22. The number of aromatic nitrogens is 1. The van der Waals surface area contributed by atoms with Crippen LogP contribution in [0.1, 0.15) is 10.6 Å². The standard InChI is InChI=1S/C17H16FN3S2/c1-21(11-16-20-14-4-2-3-5-15(14)23-16)17(22)19-10-12-6-8-13(18)9-7-12/h2-9H,10-11H2,1H3,(H,19,22). The van der Waals surface area contributed by atoms with Crippen LogP contribution in [0.4, 0.5) is 4.39 Å². The lowest BCUT2D eigenvalue weighted by molar-refractivity contribution is 0.488.